The normalized spacial score (nSPS) is 1.50. The molecule has 0 bridgehead atoms. The Balaban J connectivity index is -0.00000000500. The summed E-state index contributed by atoms with van der Waals surface area (Å²) < 4.78 is 7.88. The van der Waals surface area contributed by atoms with Crippen LogP contribution in [0.5, 0.6) is 0 Å². The Kier molecular flexibility index (Phi) is 75.7. The molecule has 0 aromatic rings. The Labute approximate surface area is 79.9 Å². The van der Waals surface area contributed by atoms with Crippen molar-refractivity contribution in [3.05, 3.63) is 0 Å². The van der Waals surface area contributed by atoms with Gasteiger partial charge in [-0.2, -0.15) is 0 Å². The summed E-state index contributed by atoms with van der Waals surface area (Å²) in [7, 11) is 0. The Hall–Kier alpha value is 2.28. The van der Waals surface area contributed by atoms with Gasteiger partial charge >= 0.3 is 64.8 Å². The molecule has 0 fully saturated rings. The van der Waals surface area contributed by atoms with Crippen molar-refractivity contribution in [2.24, 2.45) is 0 Å². The minimum absolute atomic E-state index is 0. The van der Waals surface area contributed by atoms with E-state index in [2.05, 4.69) is 15.4 Å². The predicted octanol–water partition coefficient (Wildman–Crippen LogP) is -1.04. The van der Waals surface area contributed by atoms with Crippen LogP contribution in [0.15, 0.2) is 0 Å². The quantitative estimate of drug-likeness (QED) is 0.479. The van der Waals surface area contributed by atoms with Crippen LogP contribution in [0.2, 0.25) is 0 Å². The molecule has 1 radical (unpaired) electrons. The molecule has 0 aromatic carbocycles. The van der Waals surface area contributed by atoms with Gasteiger partial charge in [-0.05, 0) is 0 Å². The fourth-order valence-electron chi connectivity index (χ4n) is 0. The Morgan fingerprint density at radius 1 is 1.25 bits per heavy atom. The van der Waals surface area contributed by atoms with Gasteiger partial charge in [0, 0.05) is 16.8 Å². The third-order valence-corrected chi connectivity index (χ3v) is 0. The van der Waals surface area contributed by atoms with Crippen molar-refractivity contribution in [2.75, 3.05) is 0 Å². The van der Waals surface area contributed by atoms with Crippen LogP contribution in [-0.4, -0.2) is 45.5 Å². The molecule has 0 atom stereocenters. The van der Waals surface area contributed by atoms with Gasteiger partial charge < -0.3 is 0 Å². The number of hydrogen-bond donors (Lipinski definition) is 0. The van der Waals surface area contributed by atoms with Crippen LogP contribution in [0.25, 0.3) is 0 Å². The van der Waals surface area contributed by atoms with Crippen LogP contribution >= 0.6 is 0 Å². The third-order valence-electron chi connectivity index (χ3n) is 0. The summed E-state index contributed by atoms with van der Waals surface area (Å²) in [5.41, 5.74) is 0. The van der Waals surface area contributed by atoms with Gasteiger partial charge in [0.15, 0.2) is 0 Å². The van der Waals surface area contributed by atoms with Crippen LogP contribution in [0.4, 0.5) is 0 Å². The van der Waals surface area contributed by atoms with Crippen molar-refractivity contribution in [3.63, 3.8) is 0 Å². The molecule has 0 aliphatic carbocycles. The molecule has 0 aliphatic heterocycles. The monoisotopic (exact) mass is 223 g/mol. The van der Waals surface area contributed by atoms with Crippen molar-refractivity contribution in [1.82, 2.24) is 0 Å². The molecule has 0 amide bonds. The van der Waals surface area contributed by atoms with Gasteiger partial charge in [0.2, 0.25) is 0 Å². The van der Waals surface area contributed by atoms with Gasteiger partial charge in [0.1, 0.15) is 0 Å². The SMILES string of the molecule is [Co].[O]=[Ni].[SrH2]. The van der Waals surface area contributed by atoms with E-state index in [1.54, 1.807) is 0 Å². The van der Waals surface area contributed by atoms with Gasteiger partial charge in [-0.3, -0.25) is 0 Å². The maximum absolute atomic E-state index is 7.88. The Morgan fingerprint density at radius 2 is 1.25 bits per heavy atom. The van der Waals surface area contributed by atoms with Crippen LogP contribution < -0.4 is 0 Å². The van der Waals surface area contributed by atoms with E-state index in [0.717, 1.165) is 0 Å². The topological polar surface area (TPSA) is 17.1 Å². The first-order chi connectivity index (χ1) is 1.00. The first kappa shape index (κ1) is 16.3. The first-order valence-corrected chi connectivity index (χ1v) is 0.532. The molecule has 0 unspecified atom stereocenters. The summed E-state index contributed by atoms with van der Waals surface area (Å²) in [6, 6.07) is 0. The number of rotatable bonds is 0. The summed E-state index contributed by atoms with van der Waals surface area (Å²) in [6.45, 7) is 0. The van der Waals surface area contributed by atoms with Gasteiger partial charge in [0.25, 0.3) is 0 Å². The molecule has 0 spiro atoms. The van der Waals surface area contributed by atoms with E-state index in [9.17, 15) is 0 Å². The van der Waals surface area contributed by atoms with Gasteiger partial charge in [0.05, 0.1) is 0 Å². The average molecular weight is 223 g/mol. The third kappa shape index (κ3) is 8.86. The minimum atomic E-state index is 0. The fourth-order valence-corrected chi connectivity index (χ4v) is 0. The second kappa shape index (κ2) is 18.6. The Bertz CT molecular complexity index is 8.00. The standard InChI is InChI=1S/Co.Ni.O.Sr.2H. The molecule has 1 nitrogen and oxygen atoms in total. The fraction of sp³-hybridized carbons (Fsp3) is 0. The first-order valence-electron chi connectivity index (χ1n) is 0.129. The van der Waals surface area contributed by atoms with Gasteiger partial charge in [-0.25, -0.2) is 0 Å². The molecule has 4 heavy (non-hydrogen) atoms. The van der Waals surface area contributed by atoms with Gasteiger partial charge in [-0.15, -0.1) is 0 Å². The molecule has 0 heterocycles. The summed E-state index contributed by atoms with van der Waals surface area (Å²) >= 11 is 2.62. The van der Waals surface area contributed by atoms with E-state index in [-0.39, 0.29) is 62.3 Å². The zero-order valence-electron chi connectivity index (χ0n) is 1.06. The van der Waals surface area contributed by atoms with Crippen LogP contribution in [0.3, 0.4) is 0 Å². The molecule has 0 aromatic heterocycles. The van der Waals surface area contributed by atoms with Crippen molar-refractivity contribution in [3.8, 4) is 0 Å². The molecule has 0 rings (SSSR count). The second-order valence-corrected chi connectivity index (χ2v) is 0. The van der Waals surface area contributed by atoms with E-state index in [1.165, 1.54) is 0 Å². The molecular weight excluding hydrogens is 221 g/mol. The van der Waals surface area contributed by atoms with Gasteiger partial charge in [-0.1, -0.05) is 0 Å². The van der Waals surface area contributed by atoms with Crippen molar-refractivity contribution < 1.29 is 36.1 Å². The van der Waals surface area contributed by atoms with E-state index in [4.69, 9.17) is 3.90 Å². The van der Waals surface area contributed by atoms with Crippen molar-refractivity contribution in [2.45, 2.75) is 0 Å². The molecule has 0 N–H and O–H groups in total. The maximum atomic E-state index is 7.88. The van der Waals surface area contributed by atoms with Crippen LogP contribution in [0, 0.1) is 0 Å². The molecule has 0 saturated heterocycles. The zero-order chi connectivity index (χ0) is 2.00. The number of hydrogen-bond acceptors (Lipinski definition) is 1. The van der Waals surface area contributed by atoms with E-state index in [1.807, 2.05) is 0 Å². The second-order valence-electron chi connectivity index (χ2n) is 0. The summed E-state index contributed by atoms with van der Waals surface area (Å²) in [5, 5.41) is 0. The summed E-state index contributed by atoms with van der Waals surface area (Å²) in [4.78, 5) is 0. The average Bonchev–Trinajstić information content (AvgIpc) is 1.00. The van der Waals surface area contributed by atoms with E-state index >= 15 is 0 Å². The molecule has 0 saturated carbocycles. The van der Waals surface area contributed by atoms with Crippen molar-refractivity contribution in [1.29, 1.82) is 0 Å². The molecular formula is H2CoNiOSr. The van der Waals surface area contributed by atoms with Crippen LogP contribution in [-0.2, 0) is 36.1 Å². The van der Waals surface area contributed by atoms with Crippen molar-refractivity contribution >= 4 is 45.5 Å². The van der Waals surface area contributed by atoms with Crippen LogP contribution in [0.1, 0.15) is 0 Å². The summed E-state index contributed by atoms with van der Waals surface area (Å²) in [6.07, 6.45) is 0. The predicted molar refractivity (Wildman–Crippen MR) is 9.23 cm³/mol. The van der Waals surface area contributed by atoms with E-state index < -0.39 is 0 Å². The summed E-state index contributed by atoms with van der Waals surface area (Å²) in [5.74, 6) is 0. The Morgan fingerprint density at radius 3 is 1.25 bits per heavy atom. The van der Waals surface area contributed by atoms with E-state index in [0.29, 0.717) is 0 Å². The molecule has 4 heteroatoms. The molecule has 29 valence electrons. The molecule has 0 aliphatic rings. The zero-order valence-corrected chi connectivity index (χ0v) is 3.09.